The Morgan fingerprint density at radius 3 is 2.56 bits per heavy atom. The fourth-order valence-corrected chi connectivity index (χ4v) is 2.66. The summed E-state index contributed by atoms with van der Waals surface area (Å²) in [5.41, 5.74) is -0.534. The Hall–Kier alpha value is -0.220. The normalized spacial score (nSPS) is 14.9. The smallest absolute Gasteiger partial charge is 0.325 e. The molecule has 1 unspecified atom stereocenters. The maximum Gasteiger partial charge on any atom is 0.325 e. The quantitative estimate of drug-likeness (QED) is 0.528. The van der Waals surface area contributed by atoms with Gasteiger partial charge in [-0.1, -0.05) is 20.8 Å². The largest absolute Gasteiger partial charge is 0.468 e. The lowest BCUT2D eigenvalue weighted by Crippen LogP contribution is -2.50. The van der Waals surface area contributed by atoms with Gasteiger partial charge in [0.05, 0.1) is 7.11 Å². The first-order valence-corrected chi connectivity index (χ1v) is 7.03. The summed E-state index contributed by atoms with van der Waals surface area (Å²) in [5, 5.41) is 3.21. The number of carbonyl (C=O) groups excluding carboxylic acids is 1. The van der Waals surface area contributed by atoms with Crippen LogP contribution < -0.4 is 5.32 Å². The van der Waals surface area contributed by atoms with E-state index >= 15 is 0 Å². The van der Waals surface area contributed by atoms with Crippen LogP contribution in [0.1, 0.15) is 34.1 Å². The summed E-state index contributed by atoms with van der Waals surface area (Å²) >= 11 is 1.89. The van der Waals surface area contributed by atoms with E-state index in [0.717, 1.165) is 24.5 Å². The summed E-state index contributed by atoms with van der Waals surface area (Å²) in [5.74, 6) is 2.66. The molecule has 0 saturated carbocycles. The number of thioether (sulfide) groups is 1. The van der Waals surface area contributed by atoms with Gasteiger partial charge >= 0.3 is 5.97 Å². The van der Waals surface area contributed by atoms with Gasteiger partial charge < -0.3 is 10.1 Å². The van der Waals surface area contributed by atoms with E-state index < -0.39 is 5.54 Å². The topological polar surface area (TPSA) is 38.3 Å². The molecule has 0 fully saturated rings. The summed E-state index contributed by atoms with van der Waals surface area (Å²) in [4.78, 5) is 11.7. The van der Waals surface area contributed by atoms with Crippen LogP contribution in [0.25, 0.3) is 0 Å². The predicted molar refractivity (Wildman–Crippen MR) is 70.9 cm³/mol. The first-order valence-electron chi connectivity index (χ1n) is 5.87. The van der Waals surface area contributed by atoms with Crippen LogP contribution in [-0.2, 0) is 9.53 Å². The van der Waals surface area contributed by atoms with E-state index in [9.17, 15) is 4.79 Å². The molecule has 0 aliphatic heterocycles. The molecule has 1 atom stereocenters. The third kappa shape index (κ3) is 5.75. The first kappa shape index (κ1) is 15.8. The number of carbonyl (C=O) groups is 1. The van der Waals surface area contributed by atoms with E-state index in [0.29, 0.717) is 5.92 Å². The van der Waals surface area contributed by atoms with Crippen LogP contribution in [0.4, 0.5) is 0 Å². The maximum absolute atomic E-state index is 11.7. The third-order valence-corrected chi connectivity index (χ3v) is 3.80. The lowest BCUT2D eigenvalue weighted by atomic mass is 9.99. The average Bonchev–Trinajstić information content (AvgIpc) is 2.23. The van der Waals surface area contributed by atoms with Crippen LogP contribution in [0.5, 0.6) is 0 Å². The van der Waals surface area contributed by atoms with E-state index in [-0.39, 0.29) is 5.97 Å². The van der Waals surface area contributed by atoms with Gasteiger partial charge in [0.1, 0.15) is 5.54 Å². The summed E-state index contributed by atoms with van der Waals surface area (Å²) in [7, 11) is 1.44. The summed E-state index contributed by atoms with van der Waals surface area (Å²) in [6.45, 7) is 9.11. The standard InChI is InChI=1S/C12H25NO2S/c1-6-13-12(4,11(14)15-5)7-8-16-9-10(2)3/h10,13H,6-9H2,1-5H3. The molecular weight excluding hydrogens is 222 g/mol. The second kappa shape index (κ2) is 7.96. The van der Waals surface area contributed by atoms with Gasteiger partial charge in [-0.2, -0.15) is 11.8 Å². The lowest BCUT2D eigenvalue weighted by Gasteiger charge is -2.27. The lowest BCUT2D eigenvalue weighted by molar-refractivity contribution is -0.147. The van der Waals surface area contributed by atoms with Crippen LogP contribution >= 0.6 is 11.8 Å². The molecule has 16 heavy (non-hydrogen) atoms. The number of hydrogen-bond donors (Lipinski definition) is 1. The minimum atomic E-state index is -0.534. The molecule has 0 amide bonds. The van der Waals surface area contributed by atoms with Crippen molar-refractivity contribution in [2.45, 2.75) is 39.7 Å². The Labute approximate surface area is 104 Å². The molecule has 0 aliphatic rings. The van der Waals surface area contributed by atoms with Crippen LogP contribution in [0.2, 0.25) is 0 Å². The second-order valence-corrected chi connectivity index (χ2v) is 5.72. The summed E-state index contributed by atoms with van der Waals surface area (Å²) < 4.78 is 4.84. The highest BCUT2D eigenvalue weighted by atomic mass is 32.2. The maximum atomic E-state index is 11.7. The molecule has 4 heteroatoms. The zero-order valence-electron chi connectivity index (χ0n) is 11.1. The highest BCUT2D eigenvalue weighted by Crippen LogP contribution is 2.17. The number of esters is 1. The number of nitrogens with one attached hydrogen (secondary N) is 1. The molecule has 0 aromatic rings. The molecule has 0 radical (unpaired) electrons. The minimum absolute atomic E-state index is 0.167. The van der Waals surface area contributed by atoms with Gasteiger partial charge in [-0.05, 0) is 37.3 Å². The SMILES string of the molecule is CCNC(C)(CCSCC(C)C)C(=O)OC. The van der Waals surface area contributed by atoms with Gasteiger partial charge in [-0.25, -0.2) is 0 Å². The van der Waals surface area contributed by atoms with Crippen LogP contribution in [0.15, 0.2) is 0 Å². The van der Waals surface area contributed by atoms with Crippen molar-refractivity contribution in [1.29, 1.82) is 0 Å². The van der Waals surface area contributed by atoms with Crippen molar-refractivity contribution in [2.24, 2.45) is 5.92 Å². The van der Waals surface area contributed by atoms with Gasteiger partial charge in [-0.15, -0.1) is 0 Å². The Balaban J connectivity index is 4.07. The van der Waals surface area contributed by atoms with Crippen LogP contribution in [0, 0.1) is 5.92 Å². The van der Waals surface area contributed by atoms with E-state index in [2.05, 4.69) is 19.2 Å². The van der Waals surface area contributed by atoms with Gasteiger partial charge in [-0.3, -0.25) is 4.79 Å². The zero-order valence-corrected chi connectivity index (χ0v) is 11.9. The van der Waals surface area contributed by atoms with Crippen molar-refractivity contribution in [3.63, 3.8) is 0 Å². The highest BCUT2D eigenvalue weighted by Gasteiger charge is 2.32. The van der Waals surface area contributed by atoms with Gasteiger partial charge in [0, 0.05) is 0 Å². The predicted octanol–water partition coefficient (Wildman–Crippen LogP) is 2.31. The summed E-state index contributed by atoms with van der Waals surface area (Å²) in [6.07, 6.45) is 0.810. The molecule has 1 N–H and O–H groups in total. The van der Waals surface area contributed by atoms with Gasteiger partial charge in [0.2, 0.25) is 0 Å². The summed E-state index contributed by atoms with van der Waals surface area (Å²) in [6, 6.07) is 0. The first-order chi connectivity index (χ1) is 7.46. The molecule has 0 spiro atoms. The Morgan fingerprint density at radius 2 is 2.12 bits per heavy atom. The fourth-order valence-electron chi connectivity index (χ4n) is 1.47. The van der Waals surface area contributed by atoms with Crippen molar-refractivity contribution in [3.8, 4) is 0 Å². The van der Waals surface area contributed by atoms with Crippen molar-refractivity contribution >= 4 is 17.7 Å². The monoisotopic (exact) mass is 247 g/mol. The van der Waals surface area contributed by atoms with E-state index in [1.54, 1.807) is 0 Å². The van der Waals surface area contributed by atoms with Crippen molar-refractivity contribution in [3.05, 3.63) is 0 Å². The fraction of sp³-hybridized carbons (Fsp3) is 0.917. The zero-order chi connectivity index (χ0) is 12.6. The minimum Gasteiger partial charge on any atom is -0.468 e. The number of likely N-dealkylation sites (N-methyl/N-ethyl adjacent to an activating group) is 1. The number of methoxy groups -OCH3 is 1. The highest BCUT2D eigenvalue weighted by molar-refractivity contribution is 7.99. The second-order valence-electron chi connectivity index (χ2n) is 4.57. The Kier molecular flexibility index (Phi) is 7.85. The van der Waals surface area contributed by atoms with E-state index in [1.807, 2.05) is 25.6 Å². The van der Waals surface area contributed by atoms with E-state index in [1.165, 1.54) is 7.11 Å². The van der Waals surface area contributed by atoms with Gasteiger partial charge in [0.15, 0.2) is 0 Å². The van der Waals surface area contributed by atoms with Crippen LogP contribution in [0.3, 0.4) is 0 Å². The molecule has 0 saturated heterocycles. The molecule has 0 bridgehead atoms. The molecule has 96 valence electrons. The van der Waals surface area contributed by atoms with Crippen LogP contribution in [-0.4, -0.2) is 36.7 Å². The molecule has 0 rings (SSSR count). The number of ether oxygens (including phenoxy) is 1. The Morgan fingerprint density at radius 1 is 1.50 bits per heavy atom. The molecule has 0 heterocycles. The van der Waals surface area contributed by atoms with Crippen molar-refractivity contribution in [1.82, 2.24) is 5.32 Å². The van der Waals surface area contributed by atoms with E-state index in [4.69, 9.17) is 4.74 Å². The van der Waals surface area contributed by atoms with Gasteiger partial charge in [0.25, 0.3) is 0 Å². The van der Waals surface area contributed by atoms with Crippen molar-refractivity contribution < 1.29 is 9.53 Å². The molecule has 0 aromatic heterocycles. The number of rotatable bonds is 8. The molecule has 0 aliphatic carbocycles. The molecule has 3 nitrogen and oxygen atoms in total. The third-order valence-electron chi connectivity index (χ3n) is 2.40. The number of hydrogen-bond acceptors (Lipinski definition) is 4. The Bertz CT molecular complexity index is 209. The van der Waals surface area contributed by atoms with Crippen molar-refractivity contribution in [2.75, 3.05) is 25.2 Å². The molecule has 0 aromatic carbocycles. The average molecular weight is 247 g/mol. The molecular formula is C12H25NO2S.